The first-order chi connectivity index (χ1) is 15.0. The molecule has 12 heteroatoms. The predicted octanol–water partition coefficient (Wildman–Crippen LogP) is 1.83. The zero-order valence-corrected chi connectivity index (χ0v) is 18.8. The molecule has 1 heterocycles. The number of benzene rings is 1. The number of ether oxygens (including phenoxy) is 2. The second-order valence-electron chi connectivity index (χ2n) is 6.35. The average Bonchev–Trinajstić information content (AvgIpc) is 2.76. The number of nitrogens with zero attached hydrogens (tertiary/aromatic N) is 3. The predicted molar refractivity (Wildman–Crippen MR) is 120 cm³/mol. The molecule has 1 unspecified atom stereocenters. The van der Waals surface area contributed by atoms with Crippen LogP contribution in [0.2, 0.25) is 10.0 Å². The highest BCUT2D eigenvalue weighted by Crippen LogP contribution is 2.35. The number of hydrogen-bond donors (Lipinski definition) is 4. The first-order valence-electron chi connectivity index (χ1n) is 9.64. The fourth-order valence-corrected chi connectivity index (χ4v) is 2.82. The molecule has 170 valence electrons. The van der Waals surface area contributed by atoms with Crippen LogP contribution in [0.15, 0.2) is 18.2 Å². The Morgan fingerprint density at radius 3 is 2.74 bits per heavy atom. The van der Waals surface area contributed by atoms with Crippen LogP contribution in [0.3, 0.4) is 0 Å². The summed E-state index contributed by atoms with van der Waals surface area (Å²) in [4.78, 5) is 16.1. The number of aliphatic hydroxyl groups is 1. The van der Waals surface area contributed by atoms with Crippen molar-refractivity contribution in [2.45, 2.75) is 13.0 Å². The fourth-order valence-electron chi connectivity index (χ4n) is 2.43. The number of carbonyl (C=O) groups excluding carboxylic acids is 1. The van der Waals surface area contributed by atoms with Gasteiger partial charge in [0.2, 0.25) is 11.9 Å². The van der Waals surface area contributed by atoms with Crippen molar-refractivity contribution < 1.29 is 19.4 Å². The van der Waals surface area contributed by atoms with Gasteiger partial charge in [-0.3, -0.25) is 4.79 Å². The van der Waals surface area contributed by atoms with Crippen LogP contribution in [0.25, 0.3) is 11.3 Å². The zero-order chi connectivity index (χ0) is 22.6. The monoisotopic (exact) mass is 472 g/mol. The molecule has 1 amide bonds. The Hall–Kier alpha value is -2.24. The number of hydrogen-bond acceptors (Lipinski definition) is 9. The lowest BCUT2D eigenvalue weighted by Gasteiger charge is -2.15. The molecule has 31 heavy (non-hydrogen) atoms. The Morgan fingerprint density at radius 2 is 2.00 bits per heavy atom. The van der Waals surface area contributed by atoms with E-state index in [1.54, 1.807) is 25.3 Å². The lowest BCUT2D eigenvalue weighted by molar-refractivity contribution is -0.126. The minimum absolute atomic E-state index is 0.0448. The third-order valence-electron chi connectivity index (χ3n) is 3.93. The molecule has 2 rings (SSSR count). The largest absolute Gasteiger partial charge is 0.389 e. The van der Waals surface area contributed by atoms with Gasteiger partial charge in [0.1, 0.15) is 12.3 Å². The van der Waals surface area contributed by atoms with Crippen LogP contribution < -0.4 is 16.0 Å². The number of aliphatic hydroxyl groups excluding tert-OH is 1. The molecule has 0 saturated carbocycles. The van der Waals surface area contributed by atoms with E-state index in [2.05, 4.69) is 31.1 Å². The van der Waals surface area contributed by atoms with Gasteiger partial charge in [-0.15, -0.1) is 10.2 Å². The maximum Gasteiger partial charge on any atom is 0.246 e. The highest BCUT2D eigenvalue weighted by molar-refractivity contribution is 6.43. The molecule has 0 aliphatic carbocycles. The molecule has 10 nitrogen and oxygen atoms in total. The summed E-state index contributed by atoms with van der Waals surface area (Å²) in [5.41, 5.74) is 1.06. The Bertz CT molecular complexity index is 858. The smallest absolute Gasteiger partial charge is 0.246 e. The van der Waals surface area contributed by atoms with E-state index in [-0.39, 0.29) is 31.6 Å². The minimum atomic E-state index is -0.865. The standard InChI is InChI=1S/C19H26Cl2N6O4/c1-3-22-18-17(13-5-4-6-14(20)16(13)21)26-27-19(25-18)24-10-12(28)9-23-15(29)11-31-8-7-30-2/h4-6,12,28H,3,7-11H2,1-2H3,(H,23,29)(H2,22,24,25,27). The summed E-state index contributed by atoms with van der Waals surface area (Å²) in [5.74, 6) is 0.358. The normalized spacial score (nSPS) is 11.8. The highest BCUT2D eigenvalue weighted by Gasteiger charge is 2.16. The van der Waals surface area contributed by atoms with Gasteiger partial charge in [0, 0.05) is 32.3 Å². The second-order valence-corrected chi connectivity index (χ2v) is 7.13. The Balaban J connectivity index is 1.93. The van der Waals surface area contributed by atoms with Crippen LogP contribution in [-0.4, -0.2) is 78.9 Å². The summed E-state index contributed by atoms with van der Waals surface area (Å²) >= 11 is 12.4. The van der Waals surface area contributed by atoms with Crippen molar-refractivity contribution in [3.8, 4) is 11.3 Å². The molecule has 1 aromatic carbocycles. The first kappa shape index (κ1) is 25.0. The summed E-state index contributed by atoms with van der Waals surface area (Å²) in [6.45, 7) is 3.30. The van der Waals surface area contributed by atoms with Crippen molar-refractivity contribution in [2.24, 2.45) is 0 Å². The van der Waals surface area contributed by atoms with Gasteiger partial charge in [-0.25, -0.2) is 0 Å². The number of halogens is 2. The first-order valence-corrected chi connectivity index (χ1v) is 10.4. The third-order valence-corrected chi connectivity index (χ3v) is 4.75. The highest BCUT2D eigenvalue weighted by atomic mass is 35.5. The van der Waals surface area contributed by atoms with Gasteiger partial charge in [0.15, 0.2) is 5.82 Å². The fraction of sp³-hybridized carbons (Fsp3) is 0.474. The van der Waals surface area contributed by atoms with E-state index in [0.717, 1.165) is 0 Å². The lowest BCUT2D eigenvalue weighted by atomic mass is 10.1. The molecular formula is C19H26Cl2N6O4. The molecule has 0 aliphatic heterocycles. The second kappa shape index (κ2) is 13.2. The SMILES string of the molecule is CCNc1nc(NCC(O)CNC(=O)COCCOC)nnc1-c1cccc(Cl)c1Cl. The van der Waals surface area contributed by atoms with Crippen molar-refractivity contribution in [1.82, 2.24) is 20.5 Å². The Morgan fingerprint density at radius 1 is 1.19 bits per heavy atom. The van der Waals surface area contributed by atoms with Gasteiger partial charge in [-0.1, -0.05) is 35.3 Å². The zero-order valence-electron chi connectivity index (χ0n) is 17.3. The molecule has 0 saturated heterocycles. The Kier molecular flexibility index (Phi) is 10.7. The minimum Gasteiger partial charge on any atom is -0.389 e. The van der Waals surface area contributed by atoms with E-state index in [1.807, 2.05) is 6.92 Å². The van der Waals surface area contributed by atoms with E-state index in [4.69, 9.17) is 32.7 Å². The van der Waals surface area contributed by atoms with Crippen molar-refractivity contribution in [3.63, 3.8) is 0 Å². The van der Waals surface area contributed by atoms with E-state index in [9.17, 15) is 9.90 Å². The Labute approximate surface area is 190 Å². The number of anilines is 2. The van der Waals surface area contributed by atoms with E-state index in [0.29, 0.717) is 46.9 Å². The van der Waals surface area contributed by atoms with Gasteiger partial charge in [-0.2, -0.15) is 4.98 Å². The summed E-state index contributed by atoms with van der Waals surface area (Å²) in [6.07, 6.45) is -0.865. The summed E-state index contributed by atoms with van der Waals surface area (Å²) in [6, 6.07) is 5.22. The molecule has 0 spiro atoms. The van der Waals surface area contributed by atoms with E-state index in [1.165, 1.54) is 0 Å². The number of carbonyl (C=O) groups is 1. The van der Waals surface area contributed by atoms with Crippen LogP contribution in [0.4, 0.5) is 11.8 Å². The topological polar surface area (TPSA) is 131 Å². The number of nitrogens with one attached hydrogen (secondary N) is 3. The van der Waals surface area contributed by atoms with Gasteiger partial charge >= 0.3 is 0 Å². The molecule has 0 fully saturated rings. The van der Waals surface area contributed by atoms with E-state index >= 15 is 0 Å². The molecule has 0 radical (unpaired) electrons. The third kappa shape index (κ3) is 8.08. The van der Waals surface area contributed by atoms with Crippen LogP contribution in [0.5, 0.6) is 0 Å². The maximum atomic E-state index is 11.7. The number of amides is 1. The average molecular weight is 473 g/mol. The van der Waals surface area contributed by atoms with Crippen molar-refractivity contribution in [1.29, 1.82) is 0 Å². The summed E-state index contributed by atoms with van der Waals surface area (Å²) < 4.78 is 9.93. The number of rotatable bonds is 13. The van der Waals surface area contributed by atoms with Gasteiger partial charge < -0.3 is 30.5 Å². The lowest BCUT2D eigenvalue weighted by Crippen LogP contribution is -2.37. The van der Waals surface area contributed by atoms with Crippen LogP contribution in [-0.2, 0) is 14.3 Å². The molecule has 2 aromatic rings. The number of methoxy groups -OCH3 is 1. The van der Waals surface area contributed by atoms with Crippen LogP contribution in [0, 0.1) is 0 Å². The molecule has 0 bridgehead atoms. The van der Waals surface area contributed by atoms with Gasteiger partial charge in [-0.05, 0) is 13.0 Å². The molecule has 1 atom stereocenters. The summed E-state index contributed by atoms with van der Waals surface area (Å²) in [5, 5.41) is 27.7. The van der Waals surface area contributed by atoms with E-state index < -0.39 is 6.10 Å². The molecule has 1 aromatic heterocycles. The van der Waals surface area contributed by atoms with Crippen LogP contribution in [0.1, 0.15) is 6.92 Å². The van der Waals surface area contributed by atoms with Gasteiger partial charge in [0.05, 0.1) is 29.4 Å². The van der Waals surface area contributed by atoms with Gasteiger partial charge in [0.25, 0.3) is 0 Å². The number of aromatic nitrogens is 3. The summed E-state index contributed by atoms with van der Waals surface area (Å²) in [7, 11) is 1.55. The molecule has 4 N–H and O–H groups in total. The van der Waals surface area contributed by atoms with Crippen LogP contribution >= 0.6 is 23.2 Å². The van der Waals surface area contributed by atoms with Crippen molar-refractivity contribution in [2.75, 3.05) is 57.2 Å². The quantitative estimate of drug-likeness (QED) is 0.322. The van der Waals surface area contributed by atoms with Crippen molar-refractivity contribution >= 4 is 40.9 Å². The maximum absolute atomic E-state index is 11.7. The van der Waals surface area contributed by atoms with Crippen molar-refractivity contribution in [3.05, 3.63) is 28.2 Å². The molecular weight excluding hydrogens is 447 g/mol. The molecule has 0 aliphatic rings.